The van der Waals surface area contributed by atoms with E-state index in [4.69, 9.17) is 9.84 Å². The summed E-state index contributed by atoms with van der Waals surface area (Å²) < 4.78 is 5.99. The van der Waals surface area contributed by atoms with Crippen molar-refractivity contribution in [1.82, 2.24) is 4.98 Å². The zero-order valence-electron chi connectivity index (χ0n) is 16.7. The van der Waals surface area contributed by atoms with E-state index in [1.165, 1.54) is 5.56 Å². The minimum atomic E-state index is 0.175. The highest BCUT2D eigenvalue weighted by Crippen LogP contribution is 2.37. The van der Waals surface area contributed by atoms with Crippen molar-refractivity contribution < 1.29 is 9.84 Å². The van der Waals surface area contributed by atoms with E-state index in [0.29, 0.717) is 12.3 Å². The van der Waals surface area contributed by atoms with Crippen LogP contribution < -0.4 is 15.0 Å². The van der Waals surface area contributed by atoms with Crippen molar-refractivity contribution in [3.05, 3.63) is 78.1 Å². The number of nitrogens with zero attached hydrogens (tertiary/aromatic N) is 2. The Kier molecular flexibility index (Phi) is 5.96. The van der Waals surface area contributed by atoms with Gasteiger partial charge in [0.1, 0.15) is 5.75 Å². The molecular weight excluding hydrogens is 362 g/mol. The van der Waals surface area contributed by atoms with Crippen molar-refractivity contribution in [3.63, 3.8) is 0 Å². The quantitative estimate of drug-likeness (QED) is 0.629. The van der Waals surface area contributed by atoms with E-state index in [1.807, 2.05) is 18.3 Å². The molecule has 2 aromatic carbocycles. The van der Waals surface area contributed by atoms with Gasteiger partial charge in [0.25, 0.3) is 0 Å². The number of aliphatic hydroxyl groups is 1. The molecule has 3 aromatic rings. The summed E-state index contributed by atoms with van der Waals surface area (Å²) in [5.41, 5.74) is 5.64. The molecule has 29 heavy (non-hydrogen) atoms. The van der Waals surface area contributed by atoms with Crippen molar-refractivity contribution in [1.29, 1.82) is 0 Å². The number of fused-ring (bicyclic) bond motifs is 1. The number of ether oxygens (including phenoxy) is 1. The molecule has 0 aliphatic carbocycles. The van der Waals surface area contributed by atoms with Gasteiger partial charge < -0.3 is 20.1 Å². The van der Waals surface area contributed by atoms with E-state index in [9.17, 15) is 0 Å². The van der Waals surface area contributed by atoms with Crippen LogP contribution in [0.5, 0.6) is 5.75 Å². The second-order valence-electron chi connectivity index (χ2n) is 7.38. The van der Waals surface area contributed by atoms with E-state index in [-0.39, 0.29) is 6.61 Å². The van der Waals surface area contributed by atoms with Gasteiger partial charge in [-0.1, -0.05) is 18.2 Å². The van der Waals surface area contributed by atoms with E-state index in [0.717, 1.165) is 47.9 Å². The Hall–Kier alpha value is -3.05. The van der Waals surface area contributed by atoms with Crippen molar-refractivity contribution in [2.45, 2.75) is 18.8 Å². The van der Waals surface area contributed by atoms with Gasteiger partial charge in [-0.05, 0) is 54.3 Å². The fourth-order valence-electron chi connectivity index (χ4n) is 3.75. The van der Waals surface area contributed by atoms with Crippen molar-refractivity contribution >= 4 is 17.1 Å². The van der Waals surface area contributed by atoms with Crippen LogP contribution in [0.25, 0.3) is 0 Å². The van der Waals surface area contributed by atoms with E-state index >= 15 is 0 Å². The van der Waals surface area contributed by atoms with Gasteiger partial charge in [0, 0.05) is 56.0 Å². The Labute approximate surface area is 172 Å². The molecule has 0 unspecified atom stereocenters. The maximum Gasteiger partial charge on any atom is 0.124 e. The number of benzene rings is 2. The lowest BCUT2D eigenvalue weighted by molar-refractivity contribution is 0.270. The number of anilines is 3. The van der Waals surface area contributed by atoms with Gasteiger partial charge in [0.2, 0.25) is 0 Å². The van der Waals surface area contributed by atoms with Crippen LogP contribution in [0.2, 0.25) is 0 Å². The number of rotatable bonds is 7. The monoisotopic (exact) mass is 389 g/mol. The lowest BCUT2D eigenvalue weighted by Gasteiger charge is -2.28. The highest BCUT2D eigenvalue weighted by atomic mass is 16.5. The summed E-state index contributed by atoms with van der Waals surface area (Å²) in [6, 6.07) is 18.8. The maximum atomic E-state index is 9.08. The molecule has 5 nitrogen and oxygen atoms in total. The molecule has 0 spiro atoms. The third-order valence-electron chi connectivity index (χ3n) is 5.49. The van der Waals surface area contributed by atoms with Crippen LogP contribution in [0.3, 0.4) is 0 Å². The largest absolute Gasteiger partial charge is 0.493 e. The Morgan fingerprint density at radius 3 is 2.72 bits per heavy atom. The zero-order valence-corrected chi connectivity index (χ0v) is 16.7. The van der Waals surface area contributed by atoms with Crippen molar-refractivity contribution in [2.75, 3.05) is 37.0 Å². The molecule has 1 aromatic heterocycles. The Balaban J connectivity index is 1.48. The minimum Gasteiger partial charge on any atom is -0.493 e. The predicted molar refractivity (Wildman–Crippen MR) is 117 cm³/mol. The molecule has 0 amide bonds. The maximum absolute atomic E-state index is 9.08. The Morgan fingerprint density at radius 1 is 1.14 bits per heavy atom. The SMILES string of the molecule is CN(c1ccc(CCO)cc1)c1ccc2c(c1)OCC[C@H]2CNc1cccnc1. The third kappa shape index (κ3) is 4.51. The fourth-order valence-corrected chi connectivity index (χ4v) is 3.75. The Morgan fingerprint density at radius 2 is 1.97 bits per heavy atom. The number of nitrogens with one attached hydrogen (secondary N) is 1. The number of hydrogen-bond donors (Lipinski definition) is 2. The van der Waals surface area contributed by atoms with Crippen LogP contribution in [0.4, 0.5) is 17.1 Å². The van der Waals surface area contributed by atoms with Crippen molar-refractivity contribution in [3.8, 4) is 5.75 Å². The number of aliphatic hydroxyl groups excluding tert-OH is 1. The average Bonchev–Trinajstić information content (AvgIpc) is 2.78. The van der Waals surface area contributed by atoms with Gasteiger partial charge in [-0.3, -0.25) is 4.98 Å². The molecule has 0 saturated carbocycles. The van der Waals surface area contributed by atoms with Gasteiger partial charge in [0.05, 0.1) is 12.3 Å². The number of aromatic nitrogens is 1. The van der Waals surface area contributed by atoms with Gasteiger partial charge in [-0.2, -0.15) is 0 Å². The summed E-state index contributed by atoms with van der Waals surface area (Å²) in [6.07, 6.45) is 5.32. The molecule has 0 bridgehead atoms. The minimum absolute atomic E-state index is 0.175. The van der Waals surface area contributed by atoms with Crippen LogP contribution in [0.15, 0.2) is 67.0 Å². The first-order valence-corrected chi connectivity index (χ1v) is 10.1. The van der Waals surface area contributed by atoms with Crippen molar-refractivity contribution in [2.24, 2.45) is 0 Å². The highest BCUT2D eigenvalue weighted by Gasteiger charge is 2.22. The second kappa shape index (κ2) is 8.97. The van der Waals surface area contributed by atoms with Crippen LogP contribution >= 0.6 is 0 Å². The summed E-state index contributed by atoms with van der Waals surface area (Å²) in [7, 11) is 2.06. The van der Waals surface area contributed by atoms with Crippen LogP contribution in [-0.2, 0) is 6.42 Å². The molecule has 5 heteroatoms. The highest BCUT2D eigenvalue weighted by molar-refractivity contribution is 5.65. The molecule has 0 saturated heterocycles. The molecule has 1 atom stereocenters. The second-order valence-corrected chi connectivity index (χ2v) is 7.38. The smallest absolute Gasteiger partial charge is 0.124 e. The summed E-state index contributed by atoms with van der Waals surface area (Å²) in [5, 5.41) is 12.6. The van der Waals surface area contributed by atoms with Gasteiger partial charge in [0.15, 0.2) is 0 Å². The lowest BCUT2D eigenvalue weighted by atomic mass is 9.92. The topological polar surface area (TPSA) is 57.6 Å². The Bertz CT molecular complexity index is 929. The van der Waals surface area contributed by atoms with Gasteiger partial charge in [-0.15, -0.1) is 0 Å². The fraction of sp³-hybridized carbons (Fsp3) is 0.292. The number of pyridine rings is 1. The summed E-state index contributed by atoms with van der Waals surface area (Å²) in [6.45, 7) is 1.77. The van der Waals surface area contributed by atoms with E-state index < -0.39 is 0 Å². The molecule has 1 aliphatic heterocycles. The molecular formula is C24H27N3O2. The molecule has 2 N–H and O–H groups in total. The van der Waals surface area contributed by atoms with Gasteiger partial charge >= 0.3 is 0 Å². The van der Waals surface area contributed by atoms with E-state index in [2.05, 4.69) is 64.7 Å². The molecule has 150 valence electrons. The summed E-state index contributed by atoms with van der Waals surface area (Å²) in [5.74, 6) is 1.38. The normalized spacial score (nSPS) is 15.3. The predicted octanol–water partition coefficient (Wildman–Crippen LogP) is 4.36. The van der Waals surface area contributed by atoms with Gasteiger partial charge in [-0.25, -0.2) is 0 Å². The van der Waals surface area contributed by atoms with Crippen LogP contribution in [0, 0.1) is 0 Å². The third-order valence-corrected chi connectivity index (χ3v) is 5.49. The molecule has 4 rings (SSSR count). The summed E-state index contributed by atoms with van der Waals surface area (Å²) >= 11 is 0. The molecule has 2 heterocycles. The number of hydrogen-bond acceptors (Lipinski definition) is 5. The first-order valence-electron chi connectivity index (χ1n) is 10.1. The van der Waals surface area contributed by atoms with Crippen LogP contribution in [-0.4, -0.2) is 36.9 Å². The average molecular weight is 389 g/mol. The summed E-state index contributed by atoms with van der Waals surface area (Å²) in [4.78, 5) is 6.32. The lowest BCUT2D eigenvalue weighted by Crippen LogP contribution is -2.21. The molecule has 0 fully saturated rings. The first kappa shape index (κ1) is 19.3. The van der Waals surface area contributed by atoms with Crippen LogP contribution in [0.1, 0.15) is 23.5 Å². The molecule has 0 radical (unpaired) electrons. The standard InChI is InChI=1S/C24H27N3O2/c1-27(21-6-4-18(5-7-21)10-13-28)22-8-9-23-19(11-14-29-24(23)15-22)16-26-20-3-2-12-25-17-20/h2-9,12,15,17,19,26,28H,10-11,13-14,16H2,1H3/t19-/m0/s1. The zero-order chi connectivity index (χ0) is 20.1. The molecule has 1 aliphatic rings. The van der Waals surface area contributed by atoms with E-state index in [1.54, 1.807) is 6.20 Å². The first-order chi connectivity index (χ1) is 14.2.